The number of thiazole rings is 1. The Hall–Kier alpha value is -2.41. The highest BCUT2D eigenvalue weighted by molar-refractivity contribution is 7.13. The van der Waals surface area contributed by atoms with Crippen molar-refractivity contribution in [3.05, 3.63) is 35.3 Å². The number of aryl methyl sites for hydroxylation is 1. The van der Waals surface area contributed by atoms with E-state index < -0.39 is 5.66 Å². The molecule has 1 saturated carbocycles. The molecule has 2 heterocycles. The third-order valence-electron chi connectivity index (χ3n) is 4.82. The minimum atomic E-state index is -0.411. The van der Waals surface area contributed by atoms with E-state index in [0.29, 0.717) is 5.96 Å². The quantitative estimate of drug-likeness (QED) is 0.866. The van der Waals surface area contributed by atoms with Crippen LogP contribution in [0.4, 0.5) is 5.69 Å². The summed E-state index contributed by atoms with van der Waals surface area (Å²) in [6, 6.07) is 8.28. The van der Waals surface area contributed by atoms with E-state index in [1.54, 1.807) is 11.3 Å². The number of nitrogens with zero attached hydrogens (tertiary/aromatic N) is 4. The number of aliphatic imine (C=N–C) groups is 2. The maximum Gasteiger partial charge on any atom is 0.220 e. The van der Waals surface area contributed by atoms with Crippen LogP contribution in [0, 0.1) is 6.92 Å². The second-order valence-electron chi connectivity index (χ2n) is 6.66. The Bertz CT molecular complexity index is 847. The fourth-order valence-electron chi connectivity index (χ4n) is 3.76. The molecule has 6 nitrogen and oxygen atoms in total. The first-order valence-electron chi connectivity index (χ1n) is 8.60. The Morgan fingerprint density at radius 2 is 1.96 bits per heavy atom. The summed E-state index contributed by atoms with van der Waals surface area (Å²) in [5.41, 5.74) is 14.9. The molecule has 1 aliphatic heterocycles. The van der Waals surface area contributed by atoms with Gasteiger partial charge in [-0.05, 0) is 44.7 Å². The second-order valence-corrected chi connectivity index (χ2v) is 7.52. The molecule has 1 aliphatic carbocycles. The third kappa shape index (κ3) is 2.89. The van der Waals surface area contributed by atoms with E-state index in [0.717, 1.165) is 47.6 Å². The summed E-state index contributed by atoms with van der Waals surface area (Å²) >= 11 is 1.65. The molecule has 2 aliphatic rings. The van der Waals surface area contributed by atoms with Crippen molar-refractivity contribution < 1.29 is 0 Å². The number of aromatic nitrogens is 1. The molecule has 130 valence electrons. The summed E-state index contributed by atoms with van der Waals surface area (Å²) < 4.78 is 0. The minimum absolute atomic E-state index is 0.280. The van der Waals surface area contributed by atoms with E-state index in [-0.39, 0.29) is 5.96 Å². The average molecular weight is 354 g/mol. The van der Waals surface area contributed by atoms with Crippen LogP contribution in [0.5, 0.6) is 0 Å². The highest BCUT2D eigenvalue weighted by Crippen LogP contribution is 2.40. The highest BCUT2D eigenvalue weighted by Gasteiger charge is 2.42. The van der Waals surface area contributed by atoms with E-state index in [1.807, 2.05) is 13.0 Å². The number of guanidine groups is 2. The van der Waals surface area contributed by atoms with Crippen molar-refractivity contribution in [1.29, 1.82) is 0 Å². The van der Waals surface area contributed by atoms with E-state index in [4.69, 9.17) is 16.5 Å². The van der Waals surface area contributed by atoms with Gasteiger partial charge in [-0.3, -0.25) is 4.90 Å². The van der Waals surface area contributed by atoms with Crippen molar-refractivity contribution in [3.63, 3.8) is 0 Å². The van der Waals surface area contributed by atoms with Gasteiger partial charge >= 0.3 is 0 Å². The standard InChI is InChI=1S/C18H22N6S/c1-12-11-25-15(21-12)13-6-5-7-14(10-13)24-17(20)22-16(19)23-18(24)8-3-2-4-9-18/h5-7,10-11H,2-4,8-9H2,1H3,(H4,19,20,22,23). The lowest BCUT2D eigenvalue weighted by atomic mass is 9.87. The Morgan fingerprint density at radius 3 is 2.68 bits per heavy atom. The summed E-state index contributed by atoms with van der Waals surface area (Å²) in [6.45, 7) is 2.01. The van der Waals surface area contributed by atoms with Crippen LogP contribution in [-0.4, -0.2) is 22.6 Å². The van der Waals surface area contributed by atoms with E-state index in [9.17, 15) is 0 Å². The zero-order valence-electron chi connectivity index (χ0n) is 14.3. The smallest absolute Gasteiger partial charge is 0.220 e. The molecule has 25 heavy (non-hydrogen) atoms. The number of hydrogen-bond acceptors (Lipinski definition) is 7. The topological polar surface area (TPSA) is 92.9 Å². The van der Waals surface area contributed by atoms with Gasteiger partial charge in [0.15, 0.2) is 0 Å². The van der Waals surface area contributed by atoms with Gasteiger partial charge in [-0.25, -0.2) is 9.98 Å². The first-order chi connectivity index (χ1) is 12.1. The summed E-state index contributed by atoms with van der Waals surface area (Å²) in [6.07, 6.45) is 5.33. The van der Waals surface area contributed by atoms with Gasteiger partial charge in [-0.1, -0.05) is 18.6 Å². The zero-order chi connectivity index (χ0) is 17.4. The molecule has 1 aromatic carbocycles. The van der Waals surface area contributed by atoms with Crippen molar-refractivity contribution >= 4 is 28.9 Å². The Kier molecular flexibility index (Phi) is 3.95. The van der Waals surface area contributed by atoms with Gasteiger partial charge in [0.1, 0.15) is 10.7 Å². The molecule has 0 radical (unpaired) electrons. The molecule has 1 aromatic heterocycles. The number of rotatable bonds is 2. The fourth-order valence-corrected chi connectivity index (χ4v) is 4.55. The molecule has 0 bridgehead atoms. The van der Waals surface area contributed by atoms with Gasteiger partial charge < -0.3 is 11.5 Å². The molecule has 0 amide bonds. The maximum absolute atomic E-state index is 6.30. The zero-order valence-corrected chi connectivity index (χ0v) is 15.1. The Balaban J connectivity index is 1.78. The normalized spacial score (nSPS) is 19.6. The van der Waals surface area contributed by atoms with Crippen molar-refractivity contribution in [2.24, 2.45) is 21.5 Å². The van der Waals surface area contributed by atoms with Crippen molar-refractivity contribution in [2.45, 2.75) is 44.7 Å². The molecule has 0 atom stereocenters. The van der Waals surface area contributed by atoms with E-state index >= 15 is 0 Å². The van der Waals surface area contributed by atoms with Crippen LogP contribution in [-0.2, 0) is 0 Å². The van der Waals surface area contributed by atoms with Gasteiger partial charge in [0.05, 0.1) is 0 Å². The molecule has 4 N–H and O–H groups in total. The lowest BCUT2D eigenvalue weighted by Crippen LogP contribution is -2.58. The molecular formula is C18H22N6S. The minimum Gasteiger partial charge on any atom is -0.369 e. The van der Waals surface area contributed by atoms with Gasteiger partial charge in [0, 0.05) is 22.3 Å². The molecule has 4 rings (SSSR count). The van der Waals surface area contributed by atoms with E-state index in [1.165, 1.54) is 6.42 Å². The second kappa shape index (κ2) is 6.15. The van der Waals surface area contributed by atoms with Crippen molar-refractivity contribution in [3.8, 4) is 10.6 Å². The maximum atomic E-state index is 6.30. The highest BCUT2D eigenvalue weighted by atomic mass is 32.1. The number of hydrogen-bond donors (Lipinski definition) is 2. The molecule has 7 heteroatoms. The monoisotopic (exact) mass is 354 g/mol. The molecule has 1 spiro atoms. The van der Waals surface area contributed by atoms with Crippen molar-refractivity contribution in [2.75, 3.05) is 4.90 Å². The largest absolute Gasteiger partial charge is 0.369 e. The Morgan fingerprint density at radius 1 is 1.16 bits per heavy atom. The molecule has 1 fully saturated rings. The number of benzene rings is 1. The van der Waals surface area contributed by atoms with E-state index in [2.05, 4.69) is 38.5 Å². The average Bonchev–Trinajstić information content (AvgIpc) is 3.01. The van der Waals surface area contributed by atoms with Crippen LogP contribution in [0.1, 0.15) is 37.8 Å². The first-order valence-corrected chi connectivity index (χ1v) is 9.48. The van der Waals surface area contributed by atoms with Crippen molar-refractivity contribution in [1.82, 2.24) is 4.98 Å². The van der Waals surface area contributed by atoms with Crippen LogP contribution in [0.15, 0.2) is 39.6 Å². The molecule has 0 saturated heterocycles. The predicted octanol–water partition coefficient (Wildman–Crippen LogP) is 3.23. The summed E-state index contributed by atoms with van der Waals surface area (Å²) in [7, 11) is 0. The van der Waals surface area contributed by atoms with Gasteiger partial charge in [0.2, 0.25) is 11.9 Å². The lowest BCUT2D eigenvalue weighted by molar-refractivity contribution is 0.305. The SMILES string of the molecule is Cc1csc(-c2cccc(N3C(N)=NC(N)=NC34CCCCC4)c2)n1. The fraction of sp³-hybridized carbons (Fsp3) is 0.389. The number of nitrogens with two attached hydrogens (primary N) is 2. The van der Waals surface area contributed by atoms with Crippen LogP contribution >= 0.6 is 11.3 Å². The van der Waals surface area contributed by atoms with Gasteiger partial charge in [-0.2, -0.15) is 4.99 Å². The third-order valence-corrected chi connectivity index (χ3v) is 5.83. The van der Waals surface area contributed by atoms with Gasteiger partial charge in [0.25, 0.3) is 0 Å². The molecule has 2 aromatic rings. The van der Waals surface area contributed by atoms with Crippen LogP contribution in [0.25, 0.3) is 10.6 Å². The molecule has 0 unspecified atom stereocenters. The van der Waals surface area contributed by atoms with Crippen LogP contribution in [0.3, 0.4) is 0 Å². The summed E-state index contributed by atoms with van der Waals surface area (Å²) in [5, 5.41) is 3.07. The lowest BCUT2D eigenvalue weighted by Gasteiger charge is -2.45. The first kappa shape index (κ1) is 16.1. The molecular weight excluding hydrogens is 332 g/mol. The number of anilines is 1. The summed E-state index contributed by atoms with van der Waals surface area (Å²) in [5.74, 6) is 0.698. The Labute approximate surface area is 151 Å². The van der Waals surface area contributed by atoms with Crippen LogP contribution < -0.4 is 16.4 Å². The summed E-state index contributed by atoms with van der Waals surface area (Å²) in [4.78, 5) is 15.6. The van der Waals surface area contributed by atoms with Gasteiger partial charge in [-0.15, -0.1) is 11.3 Å². The van der Waals surface area contributed by atoms with Crippen LogP contribution in [0.2, 0.25) is 0 Å². The predicted molar refractivity (Wildman–Crippen MR) is 104 cm³/mol.